The molecular weight excluding hydrogens is 388 g/mol. The summed E-state index contributed by atoms with van der Waals surface area (Å²) in [7, 11) is 0. The number of hydrogen-bond donors (Lipinski definition) is 0. The molecule has 1 aromatic carbocycles. The Balaban J connectivity index is 1.36. The van der Waals surface area contributed by atoms with Crippen molar-refractivity contribution in [2.75, 3.05) is 13.1 Å². The normalized spacial score (nSPS) is 18.2. The molecule has 1 saturated heterocycles. The zero-order valence-corrected chi connectivity index (χ0v) is 18.2. The fourth-order valence-corrected chi connectivity index (χ4v) is 4.86. The average molecular weight is 417 g/mol. The van der Waals surface area contributed by atoms with Gasteiger partial charge in [0.2, 0.25) is 0 Å². The van der Waals surface area contributed by atoms with Crippen LogP contribution in [-0.2, 0) is 5.41 Å². The largest absolute Gasteiger partial charge is 0.339 e. The Morgan fingerprint density at radius 1 is 1.10 bits per heavy atom. The number of amides is 1. The number of benzene rings is 1. The fraction of sp³-hybridized carbons (Fsp3) is 0.440. The first kappa shape index (κ1) is 19.9. The Bertz CT molecular complexity index is 1060. The summed E-state index contributed by atoms with van der Waals surface area (Å²) in [6.07, 6.45) is 8.84. The number of carbonyl (C=O) groups excluding carboxylic acids is 1. The van der Waals surface area contributed by atoms with Gasteiger partial charge in [-0.05, 0) is 63.3 Å². The van der Waals surface area contributed by atoms with Crippen molar-refractivity contribution >= 4 is 5.91 Å². The highest BCUT2D eigenvalue weighted by Gasteiger charge is 2.44. The number of hydrogen-bond acceptors (Lipinski definition) is 5. The minimum atomic E-state index is -0.116. The second-order valence-corrected chi connectivity index (χ2v) is 9.26. The number of aromatic nitrogens is 3. The lowest BCUT2D eigenvalue weighted by molar-refractivity contribution is 0.0645. The Kier molecular flexibility index (Phi) is 5.08. The number of carbonyl (C=O) groups is 1. The van der Waals surface area contributed by atoms with E-state index in [1.54, 1.807) is 12.4 Å². The van der Waals surface area contributed by atoms with Gasteiger partial charge >= 0.3 is 0 Å². The summed E-state index contributed by atoms with van der Waals surface area (Å²) in [6, 6.07) is 9.85. The molecule has 1 aliphatic heterocycles. The van der Waals surface area contributed by atoms with Gasteiger partial charge in [-0.25, -0.2) is 0 Å². The molecule has 1 saturated carbocycles. The van der Waals surface area contributed by atoms with Crippen molar-refractivity contribution in [1.29, 1.82) is 0 Å². The molecule has 6 heteroatoms. The minimum Gasteiger partial charge on any atom is -0.339 e. The van der Waals surface area contributed by atoms with Crippen LogP contribution in [0.3, 0.4) is 0 Å². The summed E-state index contributed by atoms with van der Waals surface area (Å²) in [4.78, 5) is 24.0. The summed E-state index contributed by atoms with van der Waals surface area (Å²) in [6.45, 7) is 5.52. The number of nitrogens with zero attached hydrogens (tertiary/aromatic N) is 4. The minimum absolute atomic E-state index is 0.116. The van der Waals surface area contributed by atoms with E-state index in [9.17, 15) is 4.79 Å². The predicted molar refractivity (Wildman–Crippen MR) is 118 cm³/mol. The molecule has 2 aliphatic rings. The Hall–Kier alpha value is -3.02. The van der Waals surface area contributed by atoms with Crippen molar-refractivity contribution in [2.24, 2.45) is 5.92 Å². The van der Waals surface area contributed by atoms with Crippen LogP contribution in [0, 0.1) is 19.8 Å². The summed E-state index contributed by atoms with van der Waals surface area (Å²) in [5.41, 5.74) is 3.80. The van der Waals surface area contributed by atoms with Gasteiger partial charge in [0.1, 0.15) is 0 Å². The van der Waals surface area contributed by atoms with E-state index in [0.717, 1.165) is 66.3 Å². The Labute approximate surface area is 182 Å². The van der Waals surface area contributed by atoms with Gasteiger partial charge in [-0.2, -0.15) is 4.98 Å². The molecule has 3 heterocycles. The van der Waals surface area contributed by atoms with E-state index < -0.39 is 0 Å². The van der Waals surface area contributed by atoms with Crippen LogP contribution >= 0.6 is 0 Å². The Morgan fingerprint density at radius 2 is 1.77 bits per heavy atom. The molecule has 31 heavy (non-hydrogen) atoms. The molecule has 0 spiro atoms. The highest BCUT2D eigenvalue weighted by atomic mass is 16.5. The lowest BCUT2D eigenvalue weighted by Crippen LogP contribution is -2.46. The van der Waals surface area contributed by atoms with E-state index in [2.05, 4.69) is 16.2 Å². The third-order valence-electron chi connectivity index (χ3n) is 6.68. The number of rotatable bonds is 5. The molecule has 3 aromatic rings. The standard InChI is InChI=1S/C25H28N4O2/c1-17-13-18(2)15-21(14-17)23(30)29-11-7-25(8-12-29,16-19-3-4-19)24-27-22(31-28-24)20-5-9-26-10-6-20/h5-6,9-10,13-15,19H,3-4,7-8,11-12,16H2,1-2H3. The topological polar surface area (TPSA) is 72.1 Å². The number of piperidine rings is 1. The van der Waals surface area contributed by atoms with Crippen LogP contribution in [0.15, 0.2) is 47.2 Å². The SMILES string of the molecule is Cc1cc(C)cc(C(=O)N2CCC(CC3CC3)(c3noc(-c4ccncc4)n3)CC2)c1. The van der Waals surface area contributed by atoms with Crippen molar-refractivity contribution in [1.82, 2.24) is 20.0 Å². The summed E-state index contributed by atoms with van der Waals surface area (Å²) >= 11 is 0. The quantitative estimate of drug-likeness (QED) is 0.602. The molecular formula is C25H28N4O2. The molecule has 0 radical (unpaired) electrons. The van der Waals surface area contributed by atoms with Crippen LogP contribution in [0.1, 0.15) is 59.4 Å². The third-order valence-corrected chi connectivity index (χ3v) is 6.68. The van der Waals surface area contributed by atoms with Crippen LogP contribution in [0.4, 0.5) is 0 Å². The molecule has 2 fully saturated rings. The number of aryl methyl sites for hydroxylation is 2. The third kappa shape index (κ3) is 4.11. The van der Waals surface area contributed by atoms with Gasteiger partial charge < -0.3 is 9.42 Å². The zero-order valence-electron chi connectivity index (χ0n) is 18.2. The molecule has 6 nitrogen and oxygen atoms in total. The van der Waals surface area contributed by atoms with Crippen LogP contribution in [0.2, 0.25) is 0 Å². The van der Waals surface area contributed by atoms with Gasteiger partial charge in [0.15, 0.2) is 5.82 Å². The van der Waals surface area contributed by atoms with Gasteiger partial charge in [0.25, 0.3) is 11.8 Å². The first-order chi connectivity index (χ1) is 15.0. The van der Waals surface area contributed by atoms with Crippen molar-refractivity contribution in [3.8, 4) is 11.5 Å². The lowest BCUT2D eigenvalue weighted by atomic mass is 9.73. The second kappa shape index (κ2) is 7.91. The average Bonchev–Trinajstić information content (AvgIpc) is 3.44. The monoisotopic (exact) mass is 416 g/mol. The molecule has 160 valence electrons. The van der Waals surface area contributed by atoms with E-state index >= 15 is 0 Å². The first-order valence-corrected chi connectivity index (χ1v) is 11.1. The molecule has 0 atom stereocenters. The zero-order chi connectivity index (χ0) is 21.4. The predicted octanol–water partition coefficient (Wildman–Crippen LogP) is 4.72. The molecule has 0 bridgehead atoms. The maximum atomic E-state index is 13.1. The maximum Gasteiger partial charge on any atom is 0.258 e. The second-order valence-electron chi connectivity index (χ2n) is 9.26. The first-order valence-electron chi connectivity index (χ1n) is 11.1. The van der Waals surface area contributed by atoms with Gasteiger partial charge in [0.05, 0.1) is 0 Å². The Morgan fingerprint density at radius 3 is 2.42 bits per heavy atom. The van der Waals surface area contributed by atoms with E-state index in [1.807, 2.05) is 43.0 Å². The molecule has 0 N–H and O–H groups in total. The molecule has 1 amide bonds. The summed E-state index contributed by atoms with van der Waals surface area (Å²) in [5, 5.41) is 4.41. The van der Waals surface area contributed by atoms with Crippen molar-refractivity contribution in [3.63, 3.8) is 0 Å². The lowest BCUT2D eigenvalue weighted by Gasteiger charge is -2.40. The van der Waals surface area contributed by atoms with Crippen molar-refractivity contribution in [2.45, 2.75) is 51.4 Å². The van der Waals surface area contributed by atoms with Crippen molar-refractivity contribution < 1.29 is 9.32 Å². The van der Waals surface area contributed by atoms with E-state index in [0.29, 0.717) is 5.89 Å². The van der Waals surface area contributed by atoms with E-state index in [4.69, 9.17) is 9.51 Å². The maximum absolute atomic E-state index is 13.1. The number of likely N-dealkylation sites (tertiary alicyclic amines) is 1. The van der Waals surface area contributed by atoms with Crippen LogP contribution < -0.4 is 0 Å². The highest BCUT2D eigenvalue weighted by molar-refractivity contribution is 5.94. The highest BCUT2D eigenvalue weighted by Crippen LogP contribution is 2.47. The van der Waals surface area contributed by atoms with E-state index in [1.165, 1.54) is 12.8 Å². The number of pyridine rings is 1. The summed E-state index contributed by atoms with van der Waals surface area (Å²) < 4.78 is 5.63. The molecule has 0 unspecified atom stereocenters. The smallest absolute Gasteiger partial charge is 0.258 e. The van der Waals surface area contributed by atoms with Crippen LogP contribution in [-0.4, -0.2) is 39.0 Å². The van der Waals surface area contributed by atoms with Gasteiger partial charge in [0, 0.05) is 42.0 Å². The van der Waals surface area contributed by atoms with Gasteiger partial charge in [-0.3, -0.25) is 9.78 Å². The summed E-state index contributed by atoms with van der Waals surface area (Å²) in [5.74, 6) is 2.20. The fourth-order valence-electron chi connectivity index (χ4n) is 4.86. The van der Waals surface area contributed by atoms with Crippen LogP contribution in [0.5, 0.6) is 0 Å². The van der Waals surface area contributed by atoms with Gasteiger partial charge in [-0.1, -0.05) is 35.2 Å². The van der Waals surface area contributed by atoms with Crippen molar-refractivity contribution in [3.05, 3.63) is 65.2 Å². The molecule has 1 aliphatic carbocycles. The van der Waals surface area contributed by atoms with Crippen LogP contribution in [0.25, 0.3) is 11.5 Å². The molecule has 5 rings (SSSR count). The van der Waals surface area contributed by atoms with Gasteiger partial charge in [-0.15, -0.1) is 0 Å². The van der Waals surface area contributed by atoms with E-state index in [-0.39, 0.29) is 11.3 Å². The molecule has 2 aromatic heterocycles.